The minimum absolute atomic E-state index is 0.0573. The fraction of sp³-hybridized carbons (Fsp3) is 0.133. The second-order valence-electron chi connectivity index (χ2n) is 5.47. The van der Waals surface area contributed by atoms with Crippen LogP contribution in [-0.4, -0.2) is 29.3 Å². The van der Waals surface area contributed by atoms with Crippen molar-refractivity contribution in [3.05, 3.63) is 35.2 Å². The lowest BCUT2D eigenvalue weighted by Gasteiger charge is -2.09. The summed E-state index contributed by atoms with van der Waals surface area (Å²) in [6.45, 7) is 0.416. The first-order valence-electron chi connectivity index (χ1n) is 7.13. The SMILES string of the molecule is NC1=NC(=O)C(=C2CCNC(=O)c3[nH]c4ccc(N)cc4c32)N1. The normalized spacial score (nSPS) is 20.8. The maximum atomic E-state index is 12.3. The van der Waals surface area contributed by atoms with Crippen molar-refractivity contribution in [1.82, 2.24) is 15.6 Å². The molecule has 0 unspecified atom stereocenters. The van der Waals surface area contributed by atoms with Gasteiger partial charge in [-0.3, -0.25) is 9.59 Å². The van der Waals surface area contributed by atoms with Crippen LogP contribution in [0.15, 0.2) is 28.9 Å². The van der Waals surface area contributed by atoms with Gasteiger partial charge in [-0.1, -0.05) is 0 Å². The molecule has 0 saturated carbocycles. The van der Waals surface area contributed by atoms with Gasteiger partial charge in [0.2, 0.25) is 5.96 Å². The molecule has 0 atom stereocenters. The number of carbonyl (C=O) groups is 2. The first kappa shape index (κ1) is 13.4. The van der Waals surface area contributed by atoms with E-state index < -0.39 is 5.91 Å². The number of guanidine groups is 1. The fourth-order valence-corrected chi connectivity index (χ4v) is 3.04. The van der Waals surface area contributed by atoms with Crippen molar-refractivity contribution < 1.29 is 9.59 Å². The van der Waals surface area contributed by atoms with Gasteiger partial charge in [-0.2, -0.15) is 4.99 Å². The molecule has 0 aliphatic carbocycles. The topological polar surface area (TPSA) is 138 Å². The number of H-pyrrole nitrogens is 1. The standard InChI is InChI=1S/C15H14N6O2/c16-6-1-2-9-8(5-6)10-7(11-14(23)21-15(17)20-11)3-4-18-13(22)12(10)19-9/h1-2,5,19H,3-4,16H2,(H,18,22)(H3,17,20,21,23). The average molecular weight is 310 g/mol. The predicted octanol–water partition coefficient (Wildman–Crippen LogP) is 0.0392. The predicted molar refractivity (Wildman–Crippen MR) is 86.3 cm³/mol. The maximum absolute atomic E-state index is 12.3. The Hall–Kier alpha value is -3.29. The minimum atomic E-state index is -0.434. The van der Waals surface area contributed by atoms with E-state index in [1.54, 1.807) is 12.1 Å². The van der Waals surface area contributed by atoms with Gasteiger partial charge in [-0.25, -0.2) is 0 Å². The van der Waals surface area contributed by atoms with Crippen LogP contribution in [0.5, 0.6) is 0 Å². The number of benzene rings is 1. The van der Waals surface area contributed by atoms with E-state index in [4.69, 9.17) is 11.5 Å². The Kier molecular flexibility index (Phi) is 2.68. The van der Waals surface area contributed by atoms with Gasteiger partial charge in [0.05, 0.1) is 0 Å². The van der Waals surface area contributed by atoms with Gasteiger partial charge in [0.1, 0.15) is 11.4 Å². The van der Waals surface area contributed by atoms with Crippen molar-refractivity contribution in [3.63, 3.8) is 0 Å². The molecule has 116 valence electrons. The van der Waals surface area contributed by atoms with E-state index in [0.717, 1.165) is 10.9 Å². The van der Waals surface area contributed by atoms with E-state index in [-0.39, 0.29) is 11.9 Å². The smallest absolute Gasteiger partial charge is 0.296 e. The number of nitrogens with zero attached hydrogens (tertiary/aromatic N) is 1. The van der Waals surface area contributed by atoms with E-state index in [9.17, 15) is 9.59 Å². The first-order valence-corrected chi connectivity index (χ1v) is 7.13. The summed E-state index contributed by atoms with van der Waals surface area (Å²) >= 11 is 0. The molecule has 2 amide bonds. The molecule has 3 heterocycles. The minimum Gasteiger partial charge on any atom is -0.399 e. The van der Waals surface area contributed by atoms with E-state index in [1.165, 1.54) is 0 Å². The molecule has 0 spiro atoms. The summed E-state index contributed by atoms with van der Waals surface area (Å²) < 4.78 is 0. The summed E-state index contributed by atoms with van der Waals surface area (Å²) in [4.78, 5) is 31.2. The number of fused-ring (bicyclic) bond motifs is 3. The number of rotatable bonds is 0. The van der Waals surface area contributed by atoms with Crippen LogP contribution < -0.4 is 22.1 Å². The van der Waals surface area contributed by atoms with E-state index in [1.807, 2.05) is 6.07 Å². The van der Waals surface area contributed by atoms with Gasteiger partial charge in [-0.15, -0.1) is 0 Å². The van der Waals surface area contributed by atoms with Gasteiger partial charge in [0.15, 0.2) is 0 Å². The molecule has 0 saturated heterocycles. The van der Waals surface area contributed by atoms with Crippen molar-refractivity contribution in [2.45, 2.75) is 6.42 Å². The fourth-order valence-electron chi connectivity index (χ4n) is 3.04. The van der Waals surface area contributed by atoms with Crippen molar-refractivity contribution in [3.8, 4) is 0 Å². The summed E-state index contributed by atoms with van der Waals surface area (Å²) in [7, 11) is 0. The Morgan fingerprint density at radius 1 is 1.17 bits per heavy atom. The van der Waals surface area contributed by atoms with Gasteiger partial charge in [0, 0.05) is 28.7 Å². The molecule has 23 heavy (non-hydrogen) atoms. The summed E-state index contributed by atoms with van der Waals surface area (Å²) in [5.41, 5.74) is 14.9. The molecule has 8 nitrogen and oxygen atoms in total. The van der Waals surface area contributed by atoms with Crippen LogP contribution in [0.2, 0.25) is 0 Å². The Morgan fingerprint density at radius 3 is 2.74 bits per heavy atom. The third-order valence-corrected chi connectivity index (χ3v) is 4.00. The molecule has 2 aliphatic heterocycles. The zero-order valence-corrected chi connectivity index (χ0v) is 12.1. The number of anilines is 1. The van der Waals surface area contributed by atoms with Gasteiger partial charge >= 0.3 is 0 Å². The van der Waals surface area contributed by atoms with Crippen LogP contribution in [0.25, 0.3) is 16.5 Å². The molecule has 7 N–H and O–H groups in total. The van der Waals surface area contributed by atoms with Gasteiger partial charge < -0.3 is 27.1 Å². The molecule has 0 radical (unpaired) electrons. The lowest BCUT2D eigenvalue weighted by atomic mass is 9.97. The average Bonchev–Trinajstić information content (AvgIpc) is 2.98. The van der Waals surface area contributed by atoms with E-state index in [0.29, 0.717) is 41.2 Å². The third-order valence-electron chi connectivity index (χ3n) is 4.00. The number of carbonyl (C=O) groups excluding carboxylic acids is 2. The molecule has 0 fully saturated rings. The Morgan fingerprint density at radius 2 is 2.00 bits per heavy atom. The molecule has 4 rings (SSSR count). The van der Waals surface area contributed by atoms with Crippen molar-refractivity contribution >= 4 is 39.9 Å². The molecule has 2 aliphatic rings. The monoisotopic (exact) mass is 310 g/mol. The molecular weight excluding hydrogens is 296 g/mol. The highest BCUT2D eigenvalue weighted by atomic mass is 16.2. The van der Waals surface area contributed by atoms with Crippen molar-refractivity contribution in [2.24, 2.45) is 10.7 Å². The van der Waals surface area contributed by atoms with Crippen LogP contribution in [0.3, 0.4) is 0 Å². The zero-order chi connectivity index (χ0) is 16.1. The molecule has 1 aromatic heterocycles. The third kappa shape index (κ3) is 1.95. The number of aliphatic imine (C=N–C) groups is 1. The number of amides is 2. The Balaban J connectivity index is 2.05. The number of hydrogen-bond donors (Lipinski definition) is 5. The van der Waals surface area contributed by atoms with E-state index in [2.05, 4.69) is 20.6 Å². The number of nitrogen functional groups attached to an aromatic ring is 1. The highest BCUT2D eigenvalue weighted by molar-refractivity contribution is 6.17. The Labute approximate surface area is 130 Å². The van der Waals surface area contributed by atoms with Crippen LogP contribution in [0, 0.1) is 0 Å². The summed E-state index contributed by atoms with van der Waals surface area (Å²) in [5.74, 6) is -0.595. The molecule has 1 aromatic carbocycles. The van der Waals surface area contributed by atoms with Crippen molar-refractivity contribution in [1.29, 1.82) is 0 Å². The maximum Gasteiger partial charge on any atom is 0.296 e. The quantitative estimate of drug-likeness (QED) is 0.345. The number of aromatic amines is 1. The molecule has 8 heteroatoms. The largest absolute Gasteiger partial charge is 0.399 e. The molecular formula is C15H14N6O2. The van der Waals surface area contributed by atoms with Crippen LogP contribution >= 0.6 is 0 Å². The van der Waals surface area contributed by atoms with Crippen molar-refractivity contribution in [2.75, 3.05) is 12.3 Å². The number of nitrogens with two attached hydrogens (primary N) is 2. The molecule has 2 aromatic rings. The second-order valence-corrected chi connectivity index (χ2v) is 5.47. The lowest BCUT2D eigenvalue weighted by Crippen LogP contribution is -2.26. The van der Waals surface area contributed by atoms with E-state index >= 15 is 0 Å². The number of hydrogen-bond acceptors (Lipinski definition) is 5. The van der Waals surface area contributed by atoms with Crippen LogP contribution in [0.4, 0.5) is 5.69 Å². The highest BCUT2D eigenvalue weighted by Gasteiger charge is 2.30. The summed E-state index contributed by atoms with van der Waals surface area (Å²) in [6.07, 6.45) is 0.483. The second kappa shape index (κ2) is 4.60. The summed E-state index contributed by atoms with van der Waals surface area (Å²) in [6, 6.07) is 5.35. The zero-order valence-electron chi connectivity index (χ0n) is 12.1. The van der Waals surface area contributed by atoms with Gasteiger partial charge in [0.25, 0.3) is 11.8 Å². The Bertz CT molecular complexity index is 937. The summed E-state index contributed by atoms with van der Waals surface area (Å²) in [5, 5.41) is 6.40. The molecule has 0 bridgehead atoms. The van der Waals surface area contributed by atoms with Crippen LogP contribution in [0.1, 0.15) is 22.5 Å². The lowest BCUT2D eigenvalue weighted by molar-refractivity contribution is -0.114. The van der Waals surface area contributed by atoms with Gasteiger partial charge in [-0.05, 0) is 30.2 Å². The number of aromatic nitrogens is 1. The first-order chi connectivity index (χ1) is 11.0. The van der Waals surface area contributed by atoms with Crippen LogP contribution in [-0.2, 0) is 4.79 Å². The number of nitrogens with one attached hydrogen (secondary N) is 3. The highest BCUT2D eigenvalue weighted by Crippen LogP contribution is 2.35.